The van der Waals surface area contributed by atoms with Crippen LogP contribution in [0.5, 0.6) is 0 Å². The first-order valence-electron chi connectivity index (χ1n) is 4.12. The van der Waals surface area contributed by atoms with Crippen LogP contribution < -0.4 is 28.2 Å². The number of hydroxylamine groups is 1. The van der Waals surface area contributed by atoms with Crippen LogP contribution in [0.1, 0.15) is 0 Å². The van der Waals surface area contributed by atoms with Gasteiger partial charge in [-0.25, -0.2) is 10.0 Å². The van der Waals surface area contributed by atoms with Gasteiger partial charge in [-0.3, -0.25) is 15.0 Å². The minimum Gasteiger partial charge on any atom is -1.00 e. The quantitative estimate of drug-likeness (QED) is 0.240. The van der Waals surface area contributed by atoms with Crippen LogP contribution >= 0.6 is 0 Å². The zero-order valence-corrected chi connectivity index (χ0v) is 8.77. The average molecular weight is 245 g/mol. The van der Waals surface area contributed by atoms with E-state index in [2.05, 4.69) is 15.0 Å². The van der Waals surface area contributed by atoms with Crippen LogP contribution in [0.15, 0.2) is 12.7 Å². The molecule has 0 saturated carbocycles. The molecule has 0 bridgehead atoms. The fourth-order valence-electron chi connectivity index (χ4n) is 1.26. The lowest BCUT2D eigenvalue weighted by molar-refractivity contribution is -0.660. The number of anilines is 1. The summed E-state index contributed by atoms with van der Waals surface area (Å²) in [4.78, 5) is 21.5. The molecule has 86 valence electrons. The number of amides is 1. The van der Waals surface area contributed by atoms with E-state index in [0.717, 1.165) is 0 Å². The smallest absolute Gasteiger partial charge is 0.307 e. The molecule has 8 nitrogen and oxygen atoms in total. The largest absolute Gasteiger partial charge is 1.00 e. The Labute approximate surface area is 95.9 Å². The number of nitrogens with two attached hydrogens (primary N) is 1. The number of hydrogen-bond donors (Lipinski definition) is 4. The average Bonchev–Trinajstić information content (AvgIpc) is 2.63. The summed E-state index contributed by atoms with van der Waals surface area (Å²) < 4.78 is 1.51. The number of nitrogen functional groups attached to an aromatic ring is 1. The second kappa shape index (κ2) is 4.73. The maximum absolute atomic E-state index is 10.9. The van der Waals surface area contributed by atoms with Crippen LogP contribution in [0.3, 0.4) is 0 Å². The standard InChI is InChI=1S/C7H8N6O2.ClH/c8-6-5-7(10-2-9-6)13(3-11-5)1-4(14)12-15;/h2-3H,1H2,(H4,8,9,10,12,14,15);1H. The van der Waals surface area contributed by atoms with Crippen molar-refractivity contribution in [3.63, 3.8) is 0 Å². The van der Waals surface area contributed by atoms with Gasteiger partial charge < -0.3 is 18.1 Å². The molecule has 0 spiro atoms. The highest BCUT2D eigenvalue weighted by molar-refractivity contribution is 5.79. The van der Waals surface area contributed by atoms with E-state index < -0.39 is 5.91 Å². The number of rotatable bonds is 2. The Morgan fingerprint density at radius 2 is 2.38 bits per heavy atom. The summed E-state index contributed by atoms with van der Waals surface area (Å²) in [5.41, 5.74) is 8.19. The van der Waals surface area contributed by atoms with Crippen molar-refractivity contribution >= 4 is 22.9 Å². The number of hydrogen-bond acceptors (Lipinski definition) is 5. The third-order valence-corrected chi connectivity index (χ3v) is 1.93. The van der Waals surface area contributed by atoms with Gasteiger partial charge in [0.15, 0.2) is 25.0 Å². The van der Waals surface area contributed by atoms with Gasteiger partial charge in [-0.1, -0.05) is 4.98 Å². The molecule has 0 aliphatic heterocycles. The molecule has 0 atom stereocenters. The van der Waals surface area contributed by atoms with Gasteiger partial charge >= 0.3 is 5.65 Å². The summed E-state index contributed by atoms with van der Waals surface area (Å²) in [7, 11) is 0. The van der Waals surface area contributed by atoms with Crippen molar-refractivity contribution in [1.82, 2.24) is 20.4 Å². The predicted octanol–water partition coefficient (Wildman–Crippen LogP) is -4.66. The summed E-state index contributed by atoms with van der Waals surface area (Å²) in [5.74, 6) is -0.235. The Morgan fingerprint density at radius 3 is 3.06 bits per heavy atom. The molecule has 2 heterocycles. The van der Waals surface area contributed by atoms with E-state index in [1.165, 1.54) is 22.7 Å². The molecule has 0 aliphatic rings. The molecular weight excluding hydrogens is 236 g/mol. The molecule has 16 heavy (non-hydrogen) atoms. The number of nitrogens with zero attached hydrogens (tertiary/aromatic N) is 3. The van der Waals surface area contributed by atoms with Crippen LogP contribution in [0.25, 0.3) is 11.2 Å². The molecule has 5 N–H and O–H groups in total. The van der Waals surface area contributed by atoms with Crippen molar-refractivity contribution < 1.29 is 27.0 Å². The molecular formula is C7H9ClN6O2. The predicted molar refractivity (Wildman–Crippen MR) is 48.4 cm³/mol. The number of aromatic nitrogens is 4. The van der Waals surface area contributed by atoms with Crippen molar-refractivity contribution in [2.75, 3.05) is 5.73 Å². The first-order valence-corrected chi connectivity index (χ1v) is 4.12. The lowest BCUT2D eigenvalue weighted by atomic mass is 10.5. The summed E-state index contributed by atoms with van der Waals surface area (Å²) in [5, 5.41) is 8.38. The summed E-state index contributed by atoms with van der Waals surface area (Å²) in [6.45, 7) is -0.0487. The summed E-state index contributed by atoms with van der Waals surface area (Å²) in [6.07, 6.45) is 2.84. The lowest BCUT2D eigenvalue weighted by Gasteiger charge is -1.95. The van der Waals surface area contributed by atoms with Crippen molar-refractivity contribution in [1.29, 1.82) is 0 Å². The topological polar surface area (TPSA) is 121 Å². The van der Waals surface area contributed by atoms with Crippen LogP contribution in [0.4, 0.5) is 5.82 Å². The van der Waals surface area contributed by atoms with Gasteiger partial charge in [-0.15, -0.1) is 0 Å². The molecule has 0 radical (unpaired) electrons. The molecule has 0 saturated heterocycles. The van der Waals surface area contributed by atoms with Crippen molar-refractivity contribution in [3.8, 4) is 0 Å². The van der Waals surface area contributed by atoms with Gasteiger partial charge in [-0.2, -0.15) is 4.98 Å². The normalized spacial score (nSPS) is 9.81. The summed E-state index contributed by atoms with van der Waals surface area (Å²) in [6, 6.07) is 0. The fraction of sp³-hybridized carbons (Fsp3) is 0.143. The lowest BCUT2D eigenvalue weighted by Crippen LogP contribution is -3.00. The number of H-pyrrole nitrogens is 1. The second-order valence-electron chi connectivity index (χ2n) is 2.89. The van der Waals surface area contributed by atoms with Crippen molar-refractivity contribution in [2.45, 2.75) is 6.54 Å². The van der Waals surface area contributed by atoms with E-state index in [0.29, 0.717) is 17.0 Å². The van der Waals surface area contributed by atoms with Crippen molar-refractivity contribution in [2.24, 2.45) is 0 Å². The van der Waals surface area contributed by atoms with Crippen LogP contribution in [0, 0.1) is 0 Å². The number of aromatic amines is 1. The van der Waals surface area contributed by atoms with Gasteiger partial charge in [-0.05, 0) is 0 Å². The van der Waals surface area contributed by atoms with Gasteiger partial charge in [0, 0.05) is 0 Å². The first-order chi connectivity index (χ1) is 7.22. The first kappa shape index (κ1) is 12.1. The van der Waals surface area contributed by atoms with E-state index in [1.54, 1.807) is 0 Å². The minimum absolute atomic E-state index is 0. The Kier molecular flexibility index (Phi) is 3.59. The molecule has 0 fully saturated rings. The van der Waals surface area contributed by atoms with Gasteiger partial charge in [0.05, 0.1) is 0 Å². The number of nitrogens with one attached hydrogen (secondary N) is 2. The number of fused-ring (bicyclic) bond motifs is 1. The Hall–Kier alpha value is -1.93. The minimum atomic E-state index is -0.543. The second-order valence-corrected chi connectivity index (χ2v) is 2.89. The van der Waals surface area contributed by atoms with Crippen LogP contribution in [-0.2, 0) is 11.3 Å². The third kappa shape index (κ3) is 2.02. The molecule has 0 aromatic carbocycles. The van der Waals surface area contributed by atoms with Gasteiger partial charge in [0.1, 0.15) is 0 Å². The Balaban J connectivity index is 0.00000128. The molecule has 2 aromatic heterocycles. The Morgan fingerprint density at radius 1 is 1.62 bits per heavy atom. The fourth-order valence-corrected chi connectivity index (χ4v) is 1.26. The van der Waals surface area contributed by atoms with E-state index in [4.69, 9.17) is 10.9 Å². The molecule has 1 amide bonds. The molecule has 9 heteroatoms. The number of carbonyl (C=O) groups is 1. The SMILES string of the molecule is Nc1ncnc2c1[nH]c[n+]2CC(=O)NO.[Cl-]. The Bertz CT molecular complexity index is 513. The molecule has 0 unspecified atom stereocenters. The zero-order chi connectivity index (χ0) is 10.8. The van der Waals surface area contributed by atoms with E-state index >= 15 is 0 Å². The highest BCUT2D eigenvalue weighted by Crippen LogP contribution is 2.08. The molecule has 2 rings (SSSR count). The molecule has 2 aromatic rings. The highest BCUT2D eigenvalue weighted by Gasteiger charge is 2.16. The number of halogens is 1. The van der Waals surface area contributed by atoms with Gasteiger partial charge in [0.2, 0.25) is 5.52 Å². The van der Waals surface area contributed by atoms with E-state index in [9.17, 15) is 4.79 Å². The van der Waals surface area contributed by atoms with Crippen molar-refractivity contribution in [3.05, 3.63) is 12.7 Å². The highest BCUT2D eigenvalue weighted by atomic mass is 35.5. The van der Waals surface area contributed by atoms with Crippen LogP contribution in [0.2, 0.25) is 0 Å². The van der Waals surface area contributed by atoms with E-state index in [1.807, 2.05) is 0 Å². The monoisotopic (exact) mass is 244 g/mol. The summed E-state index contributed by atoms with van der Waals surface area (Å²) >= 11 is 0. The zero-order valence-electron chi connectivity index (χ0n) is 8.01. The third-order valence-electron chi connectivity index (χ3n) is 1.93. The van der Waals surface area contributed by atoms with E-state index in [-0.39, 0.29) is 19.0 Å². The van der Waals surface area contributed by atoms with Crippen LogP contribution in [-0.4, -0.2) is 26.1 Å². The number of carbonyl (C=O) groups excluding carboxylic acids is 1. The number of imidazole rings is 1. The maximum atomic E-state index is 10.9. The van der Waals surface area contributed by atoms with Gasteiger partial charge in [0.25, 0.3) is 5.91 Å². The maximum Gasteiger partial charge on any atom is 0.307 e. The molecule has 0 aliphatic carbocycles.